The molecule has 2 unspecified atom stereocenters. The molecule has 1 N–H and O–H groups in total. The topological polar surface area (TPSA) is 82.1 Å². The summed E-state index contributed by atoms with van der Waals surface area (Å²) in [7, 11) is -3.29. The normalized spacial score (nSPS) is 14.3. The third-order valence-electron chi connectivity index (χ3n) is 3.21. The first-order valence-electron chi connectivity index (χ1n) is 7.14. The van der Waals surface area contributed by atoms with Crippen LogP contribution in [-0.2, 0) is 18.6 Å². The molecule has 0 amide bonds. The Morgan fingerprint density at radius 1 is 1.15 bits per heavy atom. The van der Waals surface area contributed by atoms with Gasteiger partial charge in [0.2, 0.25) is 5.85 Å². The van der Waals surface area contributed by atoms with Crippen LogP contribution in [0.1, 0.15) is 11.4 Å². The molecule has 0 aromatic heterocycles. The Balaban J connectivity index is 2.14. The average molecular weight is 440 g/mol. The van der Waals surface area contributed by atoms with Crippen LogP contribution in [0.4, 0.5) is 0 Å². The molecule has 2 aromatic carbocycles. The fourth-order valence-electron chi connectivity index (χ4n) is 1.96. The first-order chi connectivity index (χ1) is 12.2. The molecule has 140 valence electrons. The predicted octanol–water partition coefficient (Wildman–Crippen LogP) is 5.10. The monoisotopic (exact) mass is 438 g/mol. The van der Waals surface area contributed by atoms with Gasteiger partial charge in [-0.3, -0.25) is 4.57 Å². The molecule has 0 saturated heterocycles. The van der Waals surface area contributed by atoms with Gasteiger partial charge in [0.1, 0.15) is 5.75 Å². The van der Waals surface area contributed by atoms with E-state index in [-0.39, 0.29) is 21.4 Å². The summed E-state index contributed by atoms with van der Waals surface area (Å²) < 4.78 is 27.2. The molecule has 0 fully saturated rings. The van der Waals surface area contributed by atoms with Crippen LogP contribution < -0.4 is 4.74 Å². The van der Waals surface area contributed by atoms with Gasteiger partial charge in [-0.25, -0.2) is 4.79 Å². The number of carbonyl (C=O) groups excluding carboxylic acids is 1. The summed E-state index contributed by atoms with van der Waals surface area (Å²) in [5, 5.41) is 0.765. The molecule has 2 rings (SSSR count). The van der Waals surface area contributed by atoms with Crippen molar-refractivity contribution >= 4 is 48.4 Å². The minimum atomic E-state index is -4.32. The summed E-state index contributed by atoms with van der Waals surface area (Å²) in [4.78, 5) is 22.1. The lowest BCUT2D eigenvalue weighted by atomic mass is 10.2. The smallest absolute Gasteiger partial charge is 0.372 e. The van der Waals surface area contributed by atoms with Gasteiger partial charge in [0, 0.05) is 22.7 Å². The fourth-order valence-corrected chi connectivity index (χ4v) is 3.76. The van der Waals surface area contributed by atoms with Crippen molar-refractivity contribution in [3.63, 3.8) is 0 Å². The van der Waals surface area contributed by atoms with E-state index in [4.69, 9.17) is 44.3 Å². The first kappa shape index (κ1) is 21.0. The molecule has 26 heavy (non-hydrogen) atoms. The van der Waals surface area contributed by atoms with Gasteiger partial charge >= 0.3 is 13.6 Å². The summed E-state index contributed by atoms with van der Waals surface area (Å²) in [6.45, 7) is -0.550. The van der Waals surface area contributed by atoms with Gasteiger partial charge in [-0.1, -0.05) is 53.0 Å². The number of rotatable bonds is 7. The van der Waals surface area contributed by atoms with Gasteiger partial charge in [-0.05, 0) is 24.3 Å². The maximum atomic E-state index is 12.3. The fraction of sp³-hybridized carbons (Fsp3) is 0.188. The molecule has 2 aromatic rings. The maximum Gasteiger partial charge on any atom is 0.372 e. The van der Waals surface area contributed by atoms with Crippen molar-refractivity contribution in [2.45, 2.75) is 5.85 Å². The summed E-state index contributed by atoms with van der Waals surface area (Å²) in [5.74, 6) is -2.30. The minimum absolute atomic E-state index is 0.139. The molecular formula is C16H14Cl3O6P. The Morgan fingerprint density at radius 3 is 2.46 bits per heavy atom. The summed E-state index contributed by atoms with van der Waals surface area (Å²) in [6.07, 6.45) is 0. The molecule has 0 bridgehead atoms. The highest BCUT2D eigenvalue weighted by Gasteiger charge is 2.38. The third-order valence-corrected chi connectivity index (χ3v) is 5.59. The van der Waals surface area contributed by atoms with Crippen LogP contribution in [0.15, 0.2) is 42.5 Å². The predicted molar refractivity (Wildman–Crippen MR) is 99.1 cm³/mol. The SMILES string of the molecule is COP(=O)(O)C(OC(=O)COc1ccc(Cl)cc1Cl)c1ccccc1Cl. The lowest BCUT2D eigenvalue weighted by Gasteiger charge is -2.22. The Bertz CT molecular complexity index is 844. The van der Waals surface area contributed by atoms with Gasteiger partial charge in [0.15, 0.2) is 6.61 Å². The quantitative estimate of drug-likeness (QED) is 0.477. The number of esters is 1. The average Bonchev–Trinajstić information content (AvgIpc) is 2.59. The van der Waals surface area contributed by atoms with Gasteiger partial charge < -0.3 is 18.9 Å². The molecular weight excluding hydrogens is 426 g/mol. The van der Waals surface area contributed by atoms with Crippen molar-refractivity contribution < 1.29 is 28.3 Å². The summed E-state index contributed by atoms with van der Waals surface area (Å²) in [5.41, 5.74) is 0.139. The highest BCUT2D eigenvalue weighted by molar-refractivity contribution is 7.53. The zero-order valence-electron chi connectivity index (χ0n) is 13.4. The lowest BCUT2D eigenvalue weighted by molar-refractivity contribution is -0.149. The highest BCUT2D eigenvalue weighted by atomic mass is 35.5. The Hall–Kier alpha value is -1.27. The molecule has 0 spiro atoms. The van der Waals surface area contributed by atoms with Crippen molar-refractivity contribution in [1.29, 1.82) is 0 Å². The number of hydrogen-bond acceptors (Lipinski definition) is 5. The van der Waals surface area contributed by atoms with E-state index in [0.717, 1.165) is 7.11 Å². The highest BCUT2D eigenvalue weighted by Crippen LogP contribution is 2.57. The van der Waals surface area contributed by atoms with Gasteiger partial charge in [0.25, 0.3) is 0 Å². The van der Waals surface area contributed by atoms with Crippen molar-refractivity contribution in [3.8, 4) is 5.75 Å². The van der Waals surface area contributed by atoms with Crippen LogP contribution in [0.25, 0.3) is 0 Å². The van der Waals surface area contributed by atoms with E-state index in [0.29, 0.717) is 5.02 Å². The Labute approximate surface area is 165 Å². The Kier molecular flexibility index (Phi) is 7.35. The number of ether oxygens (including phenoxy) is 2. The summed E-state index contributed by atoms with van der Waals surface area (Å²) >= 11 is 17.8. The van der Waals surface area contributed by atoms with E-state index in [2.05, 4.69) is 4.52 Å². The standard InChI is InChI=1S/C16H14Cl3O6P/c1-23-26(21,22)16(11-4-2-3-5-12(11)18)25-15(20)9-24-14-7-6-10(17)8-13(14)19/h2-8,16H,9H2,1H3,(H,21,22). The molecule has 0 aliphatic rings. The van der Waals surface area contributed by atoms with E-state index in [9.17, 15) is 14.3 Å². The molecule has 0 aliphatic heterocycles. The van der Waals surface area contributed by atoms with Crippen LogP contribution >= 0.6 is 42.4 Å². The van der Waals surface area contributed by atoms with Crippen LogP contribution in [-0.4, -0.2) is 24.6 Å². The van der Waals surface area contributed by atoms with E-state index in [1.165, 1.54) is 30.3 Å². The number of hydrogen-bond donors (Lipinski definition) is 1. The van der Waals surface area contributed by atoms with E-state index >= 15 is 0 Å². The second-order valence-corrected chi connectivity index (χ2v) is 8.19. The maximum absolute atomic E-state index is 12.3. The van der Waals surface area contributed by atoms with E-state index < -0.39 is 26.0 Å². The van der Waals surface area contributed by atoms with Gasteiger partial charge in [-0.2, -0.15) is 0 Å². The number of carbonyl (C=O) groups is 1. The summed E-state index contributed by atoms with van der Waals surface area (Å²) in [6, 6.07) is 10.6. The third kappa shape index (κ3) is 5.36. The molecule has 10 heteroatoms. The first-order valence-corrected chi connectivity index (χ1v) is 9.92. The lowest BCUT2D eigenvalue weighted by Crippen LogP contribution is -2.19. The largest absolute Gasteiger partial charge is 0.480 e. The molecule has 0 aliphatic carbocycles. The van der Waals surface area contributed by atoms with Crippen molar-refractivity contribution in [3.05, 3.63) is 63.1 Å². The molecule has 6 nitrogen and oxygen atoms in total. The molecule has 2 atom stereocenters. The molecule has 0 heterocycles. The van der Waals surface area contributed by atoms with Crippen LogP contribution in [0.3, 0.4) is 0 Å². The van der Waals surface area contributed by atoms with Crippen LogP contribution in [0.5, 0.6) is 5.75 Å². The van der Waals surface area contributed by atoms with Gasteiger partial charge in [-0.15, -0.1) is 0 Å². The van der Waals surface area contributed by atoms with Gasteiger partial charge in [0.05, 0.1) is 5.02 Å². The molecule has 0 saturated carbocycles. The number of halogens is 3. The van der Waals surface area contributed by atoms with Crippen LogP contribution in [0, 0.1) is 0 Å². The van der Waals surface area contributed by atoms with E-state index in [1.54, 1.807) is 12.1 Å². The van der Waals surface area contributed by atoms with Crippen molar-refractivity contribution in [2.75, 3.05) is 13.7 Å². The molecule has 0 radical (unpaired) electrons. The van der Waals surface area contributed by atoms with E-state index in [1.807, 2.05) is 0 Å². The van der Waals surface area contributed by atoms with Crippen LogP contribution in [0.2, 0.25) is 15.1 Å². The number of benzene rings is 2. The van der Waals surface area contributed by atoms with Crippen molar-refractivity contribution in [1.82, 2.24) is 0 Å². The zero-order valence-corrected chi connectivity index (χ0v) is 16.6. The zero-order chi connectivity index (χ0) is 19.3. The van der Waals surface area contributed by atoms with Crippen molar-refractivity contribution in [2.24, 2.45) is 0 Å². The second kappa shape index (κ2) is 9.09. The Morgan fingerprint density at radius 2 is 1.85 bits per heavy atom. The second-order valence-electron chi connectivity index (χ2n) is 4.97. The minimum Gasteiger partial charge on any atom is -0.480 e.